The molecule has 0 fully saturated rings. The molecule has 0 aromatic heterocycles. The van der Waals surface area contributed by atoms with Gasteiger partial charge in [-0.3, -0.25) is 0 Å². The van der Waals surface area contributed by atoms with Crippen LogP contribution in [0.25, 0.3) is 0 Å². The summed E-state index contributed by atoms with van der Waals surface area (Å²) in [5, 5.41) is 0.776. The first-order chi connectivity index (χ1) is 6.54. The van der Waals surface area contributed by atoms with E-state index in [-0.39, 0.29) is 11.2 Å². The van der Waals surface area contributed by atoms with Gasteiger partial charge in [-0.1, -0.05) is 17.7 Å². The number of fused-ring (bicyclic) bond motifs is 5. The van der Waals surface area contributed by atoms with Gasteiger partial charge in [-0.05, 0) is 49.3 Å². The lowest BCUT2D eigenvalue weighted by Gasteiger charge is -2.18. The third-order valence-electron chi connectivity index (χ3n) is 3.19. The molecule has 72 valence electrons. The summed E-state index contributed by atoms with van der Waals surface area (Å²) in [7, 11) is 0. The van der Waals surface area contributed by atoms with E-state index in [4.69, 9.17) is 16.3 Å². The Morgan fingerprint density at radius 3 is 2.43 bits per heavy atom. The minimum Gasteiger partial charge on any atom is -0.351 e. The Balaban J connectivity index is 2.33. The van der Waals surface area contributed by atoms with Crippen molar-refractivity contribution in [3.63, 3.8) is 0 Å². The molecule has 3 rings (SSSR count). The molecule has 2 bridgehead atoms. The van der Waals surface area contributed by atoms with Crippen molar-refractivity contribution in [1.82, 2.24) is 0 Å². The van der Waals surface area contributed by atoms with Gasteiger partial charge in [-0.2, -0.15) is 0 Å². The van der Waals surface area contributed by atoms with Crippen molar-refractivity contribution in [2.45, 2.75) is 25.0 Å². The standard InChI is InChI=1S/C12H11ClO/c1-11-5-6-12(2,14-11)10-7-8(13)3-4-9(10)11/h3-7H,1-2H3. The van der Waals surface area contributed by atoms with Crippen LogP contribution in [0, 0.1) is 0 Å². The second kappa shape index (κ2) is 2.23. The van der Waals surface area contributed by atoms with Gasteiger partial charge >= 0.3 is 0 Å². The number of rotatable bonds is 0. The monoisotopic (exact) mass is 206 g/mol. The van der Waals surface area contributed by atoms with E-state index in [1.54, 1.807) is 0 Å². The molecule has 1 nitrogen and oxygen atoms in total. The van der Waals surface area contributed by atoms with E-state index in [2.05, 4.69) is 32.1 Å². The SMILES string of the molecule is CC12C=CC(C)(O1)c1cc(Cl)ccc12. The maximum Gasteiger partial charge on any atom is 0.111 e. The summed E-state index contributed by atoms with van der Waals surface area (Å²) < 4.78 is 6.00. The summed E-state index contributed by atoms with van der Waals surface area (Å²) in [5.74, 6) is 0. The lowest BCUT2D eigenvalue weighted by molar-refractivity contribution is -0.0495. The number of hydrogen-bond acceptors (Lipinski definition) is 1. The summed E-state index contributed by atoms with van der Waals surface area (Å²) in [4.78, 5) is 0. The summed E-state index contributed by atoms with van der Waals surface area (Å²) in [6, 6.07) is 5.99. The average Bonchev–Trinajstić information content (AvgIpc) is 2.53. The lowest BCUT2D eigenvalue weighted by Crippen LogP contribution is -2.17. The fourth-order valence-corrected chi connectivity index (χ4v) is 2.65. The Morgan fingerprint density at radius 2 is 1.71 bits per heavy atom. The molecule has 1 aromatic rings. The maximum atomic E-state index is 6.00. The van der Waals surface area contributed by atoms with Crippen LogP contribution in [-0.4, -0.2) is 0 Å². The number of halogens is 1. The molecule has 0 N–H and O–H groups in total. The topological polar surface area (TPSA) is 9.23 Å². The van der Waals surface area contributed by atoms with E-state index in [0.717, 1.165) is 5.02 Å². The highest BCUT2D eigenvalue weighted by molar-refractivity contribution is 6.30. The Kier molecular flexibility index (Phi) is 1.36. The molecule has 2 atom stereocenters. The Labute approximate surface area is 88.3 Å². The third kappa shape index (κ3) is 0.844. The summed E-state index contributed by atoms with van der Waals surface area (Å²) >= 11 is 5.99. The molecule has 2 unspecified atom stereocenters. The number of ether oxygens (including phenoxy) is 1. The normalized spacial score (nSPS) is 37.6. The fourth-order valence-electron chi connectivity index (χ4n) is 2.48. The van der Waals surface area contributed by atoms with Gasteiger partial charge in [0, 0.05) is 5.02 Å². The predicted molar refractivity (Wildman–Crippen MR) is 56.4 cm³/mol. The van der Waals surface area contributed by atoms with Gasteiger partial charge in [0.2, 0.25) is 0 Å². The highest BCUT2D eigenvalue weighted by atomic mass is 35.5. The average molecular weight is 207 g/mol. The van der Waals surface area contributed by atoms with Crippen molar-refractivity contribution in [1.29, 1.82) is 0 Å². The molecule has 2 aliphatic heterocycles. The van der Waals surface area contributed by atoms with E-state index in [1.807, 2.05) is 12.1 Å². The zero-order valence-corrected chi connectivity index (χ0v) is 8.93. The largest absolute Gasteiger partial charge is 0.351 e. The van der Waals surface area contributed by atoms with E-state index in [1.165, 1.54) is 11.1 Å². The molecule has 0 radical (unpaired) electrons. The molecule has 1 aromatic carbocycles. The highest BCUT2D eigenvalue weighted by Crippen LogP contribution is 2.53. The molecule has 2 heteroatoms. The van der Waals surface area contributed by atoms with Crippen LogP contribution in [0.4, 0.5) is 0 Å². The van der Waals surface area contributed by atoms with Crippen molar-refractivity contribution >= 4 is 11.6 Å². The quantitative estimate of drug-likeness (QED) is 0.592. The second-order valence-electron chi connectivity index (χ2n) is 4.34. The van der Waals surface area contributed by atoms with Gasteiger partial charge in [0.1, 0.15) is 11.2 Å². The molecule has 14 heavy (non-hydrogen) atoms. The van der Waals surface area contributed by atoms with Gasteiger partial charge in [0.15, 0.2) is 0 Å². The minimum atomic E-state index is -0.269. The Hall–Kier alpha value is -0.790. The van der Waals surface area contributed by atoms with Crippen molar-refractivity contribution in [2.24, 2.45) is 0 Å². The van der Waals surface area contributed by atoms with E-state index in [0.29, 0.717) is 0 Å². The van der Waals surface area contributed by atoms with Crippen molar-refractivity contribution in [2.75, 3.05) is 0 Å². The van der Waals surface area contributed by atoms with Crippen molar-refractivity contribution in [3.05, 3.63) is 46.5 Å². The zero-order chi connectivity index (χ0) is 9.97. The summed E-state index contributed by atoms with van der Waals surface area (Å²) in [6.45, 7) is 4.17. The summed E-state index contributed by atoms with van der Waals surface area (Å²) in [6.07, 6.45) is 4.24. The molecule has 0 saturated heterocycles. The first-order valence-electron chi connectivity index (χ1n) is 4.75. The first-order valence-corrected chi connectivity index (χ1v) is 5.12. The lowest BCUT2D eigenvalue weighted by atomic mass is 9.84. The zero-order valence-electron chi connectivity index (χ0n) is 8.17. The van der Waals surface area contributed by atoms with Crippen LogP contribution < -0.4 is 0 Å². The molecule has 2 aliphatic rings. The smallest absolute Gasteiger partial charge is 0.111 e. The van der Waals surface area contributed by atoms with Gasteiger partial charge in [-0.25, -0.2) is 0 Å². The van der Waals surface area contributed by atoms with Crippen LogP contribution in [-0.2, 0) is 15.9 Å². The van der Waals surface area contributed by atoms with Gasteiger partial charge in [0.25, 0.3) is 0 Å². The van der Waals surface area contributed by atoms with Crippen LogP contribution in [0.5, 0.6) is 0 Å². The Bertz CT molecular complexity index is 452. The van der Waals surface area contributed by atoms with E-state index < -0.39 is 0 Å². The molecule has 2 heterocycles. The number of hydrogen-bond donors (Lipinski definition) is 0. The minimum absolute atomic E-state index is 0.241. The molecule has 0 saturated carbocycles. The van der Waals surface area contributed by atoms with Gasteiger partial charge in [0.05, 0.1) is 0 Å². The van der Waals surface area contributed by atoms with Gasteiger partial charge < -0.3 is 4.74 Å². The van der Waals surface area contributed by atoms with Crippen LogP contribution in [0.1, 0.15) is 25.0 Å². The van der Waals surface area contributed by atoms with Crippen molar-refractivity contribution < 1.29 is 4.74 Å². The van der Waals surface area contributed by atoms with E-state index >= 15 is 0 Å². The van der Waals surface area contributed by atoms with Gasteiger partial charge in [-0.15, -0.1) is 0 Å². The van der Waals surface area contributed by atoms with Crippen LogP contribution in [0.2, 0.25) is 5.02 Å². The molecule has 0 amide bonds. The highest BCUT2D eigenvalue weighted by Gasteiger charge is 2.50. The Morgan fingerprint density at radius 1 is 1.07 bits per heavy atom. The fraction of sp³-hybridized carbons (Fsp3) is 0.333. The van der Waals surface area contributed by atoms with Crippen LogP contribution in [0.3, 0.4) is 0 Å². The molecular weight excluding hydrogens is 196 g/mol. The van der Waals surface area contributed by atoms with Crippen LogP contribution >= 0.6 is 11.6 Å². The second-order valence-corrected chi connectivity index (χ2v) is 4.78. The third-order valence-corrected chi connectivity index (χ3v) is 3.43. The molecular formula is C12H11ClO. The maximum absolute atomic E-state index is 6.00. The predicted octanol–water partition coefficient (Wildman–Crippen LogP) is 3.37. The summed E-state index contributed by atoms with van der Waals surface area (Å²) in [5.41, 5.74) is 1.94. The molecule has 0 aliphatic carbocycles. The van der Waals surface area contributed by atoms with E-state index in [9.17, 15) is 0 Å². The van der Waals surface area contributed by atoms with Crippen LogP contribution in [0.15, 0.2) is 30.4 Å². The molecule has 0 spiro atoms. The first kappa shape index (κ1) is 8.51. The van der Waals surface area contributed by atoms with Crippen molar-refractivity contribution in [3.8, 4) is 0 Å². The number of benzene rings is 1.